The van der Waals surface area contributed by atoms with E-state index in [4.69, 9.17) is 23.2 Å². The van der Waals surface area contributed by atoms with E-state index in [0.29, 0.717) is 5.02 Å². The van der Waals surface area contributed by atoms with Crippen LogP contribution in [-0.2, 0) is 9.84 Å². The number of carbonyl (C=O) groups excluding carboxylic acids is 1. The highest BCUT2D eigenvalue weighted by Crippen LogP contribution is 2.38. The Balaban J connectivity index is 3.31. The summed E-state index contributed by atoms with van der Waals surface area (Å²) in [7, 11) is -3.68. The van der Waals surface area contributed by atoms with Gasteiger partial charge in [0, 0.05) is 10.6 Å². The molecule has 0 bridgehead atoms. The molecule has 0 saturated carbocycles. The number of alkyl halides is 2. The molecule has 1 rings (SSSR count). The highest BCUT2D eigenvalue weighted by atomic mass is 79.9. The zero-order valence-corrected chi connectivity index (χ0v) is 14.6. The number of benzene rings is 1. The van der Waals surface area contributed by atoms with Crippen LogP contribution in [0.4, 0.5) is 0 Å². The highest BCUT2D eigenvalue weighted by molar-refractivity contribution is 9.28. The van der Waals surface area contributed by atoms with Gasteiger partial charge in [-0.3, -0.25) is 4.79 Å². The van der Waals surface area contributed by atoms with Crippen molar-refractivity contribution in [2.45, 2.75) is 9.49 Å². The van der Waals surface area contributed by atoms with Gasteiger partial charge in [-0.05, 0) is 50.1 Å². The molecule has 0 aliphatic rings. The Morgan fingerprint density at radius 1 is 1.33 bits per heavy atom. The summed E-state index contributed by atoms with van der Waals surface area (Å²) in [5.41, 5.74) is 0.0758. The first-order chi connectivity index (χ1) is 8.13. The maximum Gasteiger partial charge on any atom is 0.243 e. The largest absolute Gasteiger partial charge is 0.290 e. The molecule has 0 radical (unpaired) electrons. The first kappa shape index (κ1) is 16.4. The molecule has 0 aromatic heterocycles. The van der Waals surface area contributed by atoms with E-state index in [0.717, 1.165) is 0 Å². The van der Waals surface area contributed by atoms with Gasteiger partial charge < -0.3 is 0 Å². The maximum atomic E-state index is 12.2. The first-order valence-electron chi connectivity index (χ1n) is 4.73. The molecule has 8 heteroatoms. The van der Waals surface area contributed by atoms with Gasteiger partial charge in [-0.15, -0.1) is 0 Å². The third kappa shape index (κ3) is 3.10. The normalized spacial score (nSPS) is 12.5. The highest BCUT2D eigenvalue weighted by Gasteiger charge is 2.45. The Morgan fingerprint density at radius 3 is 2.33 bits per heavy atom. The van der Waals surface area contributed by atoms with E-state index in [1.165, 1.54) is 25.1 Å². The van der Waals surface area contributed by atoms with Crippen LogP contribution in [0.5, 0.6) is 0 Å². The molecule has 0 atom stereocenters. The van der Waals surface area contributed by atoms with Crippen LogP contribution >= 0.6 is 55.1 Å². The van der Waals surface area contributed by atoms with Crippen molar-refractivity contribution in [3.63, 3.8) is 0 Å². The summed E-state index contributed by atoms with van der Waals surface area (Å²) in [6, 6.07) is 4.23. The Bertz CT molecular complexity index is 585. The van der Waals surface area contributed by atoms with Gasteiger partial charge in [0.2, 0.25) is 8.35 Å². The number of ketones is 1. The van der Waals surface area contributed by atoms with Gasteiger partial charge in [0.15, 0.2) is 9.84 Å². The molecule has 0 unspecified atom stereocenters. The summed E-state index contributed by atoms with van der Waals surface area (Å²) >= 11 is 17.4. The first-order valence-corrected chi connectivity index (χ1v) is 8.73. The molecule has 0 saturated heterocycles. The summed E-state index contributed by atoms with van der Waals surface area (Å²) in [4.78, 5) is 12.2. The number of hydrogen-bond acceptors (Lipinski definition) is 3. The Morgan fingerprint density at radius 2 is 1.89 bits per heavy atom. The second kappa shape index (κ2) is 5.79. The molecule has 0 aliphatic heterocycles. The van der Waals surface area contributed by atoms with Crippen molar-refractivity contribution in [2.75, 3.05) is 5.75 Å². The predicted octanol–water partition coefficient (Wildman–Crippen LogP) is 4.05. The van der Waals surface area contributed by atoms with E-state index >= 15 is 0 Å². The number of halogens is 4. The third-order valence-electron chi connectivity index (χ3n) is 2.21. The third-order valence-corrected chi connectivity index (χ3v) is 8.16. The molecule has 18 heavy (non-hydrogen) atoms. The van der Waals surface area contributed by atoms with E-state index in [-0.39, 0.29) is 16.3 Å². The number of carbonyl (C=O) groups is 1. The number of sulfone groups is 1. The van der Waals surface area contributed by atoms with E-state index in [9.17, 15) is 13.2 Å². The average molecular weight is 439 g/mol. The molecule has 100 valence electrons. The van der Waals surface area contributed by atoms with Crippen LogP contribution in [-0.4, -0.2) is 22.5 Å². The van der Waals surface area contributed by atoms with Crippen molar-refractivity contribution in [2.24, 2.45) is 0 Å². The van der Waals surface area contributed by atoms with Crippen molar-refractivity contribution in [3.8, 4) is 0 Å². The Hall–Kier alpha value is 0.380. The van der Waals surface area contributed by atoms with Crippen LogP contribution in [0.1, 0.15) is 17.3 Å². The predicted molar refractivity (Wildman–Crippen MR) is 80.8 cm³/mol. The quantitative estimate of drug-likeness (QED) is 0.526. The molecule has 0 N–H and O–H groups in total. The monoisotopic (exact) mass is 436 g/mol. The Kier molecular flexibility index (Phi) is 5.29. The van der Waals surface area contributed by atoms with E-state index < -0.39 is 18.2 Å². The molecule has 0 fully saturated rings. The van der Waals surface area contributed by atoms with Crippen LogP contribution in [0.25, 0.3) is 0 Å². The summed E-state index contributed by atoms with van der Waals surface area (Å²) in [5.74, 6) is -0.883. The fourth-order valence-electron chi connectivity index (χ4n) is 1.15. The molecular formula is C10H8Br2Cl2O3S. The summed E-state index contributed by atoms with van der Waals surface area (Å²) in [6.07, 6.45) is 0. The van der Waals surface area contributed by atoms with E-state index in [2.05, 4.69) is 31.9 Å². The molecule has 0 amide bonds. The summed E-state index contributed by atoms with van der Waals surface area (Å²) in [5, 5.41) is 0.465. The molecule has 0 heterocycles. The van der Waals surface area contributed by atoms with Crippen LogP contribution in [0, 0.1) is 0 Å². The lowest BCUT2D eigenvalue weighted by atomic mass is 10.1. The van der Waals surface area contributed by atoms with Gasteiger partial charge in [-0.25, -0.2) is 8.42 Å². The maximum absolute atomic E-state index is 12.2. The van der Waals surface area contributed by atoms with Crippen LogP contribution in [0.3, 0.4) is 0 Å². The van der Waals surface area contributed by atoms with E-state index in [1.54, 1.807) is 0 Å². The second-order valence-corrected chi connectivity index (χ2v) is 11.1. The van der Waals surface area contributed by atoms with Gasteiger partial charge in [-0.2, -0.15) is 0 Å². The minimum atomic E-state index is -3.68. The Labute approximate surface area is 132 Å². The minimum absolute atomic E-state index is 0.0758. The van der Waals surface area contributed by atoms with Gasteiger partial charge in [-0.1, -0.05) is 30.1 Å². The van der Waals surface area contributed by atoms with Crippen molar-refractivity contribution < 1.29 is 13.2 Å². The molecule has 0 aliphatic carbocycles. The van der Waals surface area contributed by atoms with E-state index in [1.807, 2.05) is 0 Å². The van der Waals surface area contributed by atoms with Crippen molar-refractivity contribution in [1.29, 1.82) is 0 Å². The lowest BCUT2D eigenvalue weighted by Crippen LogP contribution is -2.35. The summed E-state index contributed by atoms with van der Waals surface area (Å²) < 4.78 is 21.8. The fourth-order valence-corrected chi connectivity index (χ4v) is 4.20. The lowest BCUT2D eigenvalue weighted by molar-refractivity contribution is 0.100. The van der Waals surface area contributed by atoms with Crippen LogP contribution < -0.4 is 0 Å². The minimum Gasteiger partial charge on any atom is -0.290 e. The standard InChI is InChI=1S/C10H8Br2Cl2O3S/c1-2-18(16,17)10(11,12)9(15)7-4-3-6(13)5-8(7)14/h3-5H,2H2,1H3. The van der Waals surface area contributed by atoms with Gasteiger partial charge in [0.1, 0.15) is 0 Å². The van der Waals surface area contributed by atoms with Crippen LogP contribution in [0.15, 0.2) is 18.2 Å². The fraction of sp³-hybridized carbons (Fsp3) is 0.300. The van der Waals surface area contributed by atoms with Gasteiger partial charge in [0.25, 0.3) is 0 Å². The van der Waals surface area contributed by atoms with Gasteiger partial charge >= 0.3 is 0 Å². The number of Topliss-reactive ketones (excluding diaryl/α,β-unsaturated/α-hetero) is 1. The molecule has 1 aromatic rings. The molecule has 3 nitrogen and oxygen atoms in total. The zero-order chi connectivity index (χ0) is 14.1. The van der Waals surface area contributed by atoms with Gasteiger partial charge in [0.05, 0.1) is 10.8 Å². The smallest absolute Gasteiger partial charge is 0.243 e. The average Bonchev–Trinajstić information content (AvgIpc) is 2.28. The van der Waals surface area contributed by atoms with Crippen molar-refractivity contribution >= 4 is 70.7 Å². The number of hydrogen-bond donors (Lipinski definition) is 0. The molecule has 0 spiro atoms. The second-order valence-electron chi connectivity index (χ2n) is 3.37. The lowest BCUT2D eigenvalue weighted by Gasteiger charge is -2.19. The zero-order valence-electron chi connectivity index (χ0n) is 9.08. The summed E-state index contributed by atoms with van der Waals surface area (Å²) in [6.45, 7) is 1.45. The number of rotatable bonds is 4. The van der Waals surface area contributed by atoms with Crippen molar-refractivity contribution in [3.05, 3.63) is 33.8 Å². The van der Waals surface area contributed by atoms with Crippen LogP contribution in [0.2, 0.25) is 10.0 Å². The SMILES string of the molecule is CCS(=O)(=O)C(Br)(Br)C(=O)c1ccc(Cl)cc1Cl. The molecular weight excluding hydrogens is 431 g/mol. The molecule has 1 aromatic carbocycles. The topological polar surface area (TPSA) is 51.2 Å². The van der Waals surface area contributed by atoms with Crippen molar-refractivity contribution in [1.82, 2.24) is 0 Å².